The zero-order valence-electron chi connectivity index (χ0n) is 9.94. The third-order valence-corrected chi connectivity index (χ3v) is 3.35. The molecule has 86 valence electrons. The quantitative estimate of drug-likeness (QED) is 0.695. The molecule has 16 heavy (non-hydrogen) atoms. The Balaban J connectivity index is 1.88. The average molecular weight is 215 g/mol. The first-order chi connectivity index (χ1) is 7.88. The van der Waals surface area contributed by atoms with Crippen molar-refractivity contribution in [2.45, 2.75) is 25.8 Å². The Morgan fingerprint density at radius 2 is 2.12 bits per heavy atom. The molecule has 2 rings (SSSR count). The van der Waals surface area contributed by atoms with Gasteiger partial charge in [0.05, 0.1) is 0 Å². The molecule has 1 aromatic carbocycles. The Kier molecular flexibility index (Phi) is 4.17. The molecule has 1 fully saturated rings. The summed E-state index contributed by atoms with van der Waals surface area (Å²) in [5.74, 6) is 0.829. The second kappa shape index (κ2) is 5.86. The van der Waals surface area contributed by atoms with E-state index in [4.69, 9.17) is 0 Å². The second-order valence-electron chi connectivity index (χ2n) is 4.75. The summed E-state index contributed by atoms with van der Waals surface area (Å²) in [4.78, 5) is 2.58. The van der Waals surface area contributed by atoms with E-state index in [1.54, 1.807) is 0 Å². The molecule has 0 amide bonds. The zero-order chi connectivity index (χ0) is 11.2. The van der Waals surface area contributed by atoms with Gasteiger partial charge >= 0.3 is 0 Å². The monoisotopic (exact) mass is 215 g/mol. The van der Waals surface area contributed by atoms with Crippen LogP contribution >= 0.6 is 0 Å². The van der Waals surface area contributed by atoms with Gasteiger partial charge in [0.25, 0.3) is 0 Å². The molecule has 1 atom stereocenters. The summed E-state index contributed by atoms with van der Waals surface area (Å²) in [5.41, 5.74) is 1.43. The van der Waals surface area contributed by atoms with Crippen molar-refractivity contribution in [3.05, 3.63) is 48.6 Å². The minimum Gasteiger partial charge on any atom is -0.299 e. The molecule has 1 saturated heterocycles. The molecule has 0 saturated carbocycles. The first-order valence-electron chi connectivity index (χ1n) is 6.25. The number of rotatable bonds is 4. The highest BCUT2D eigenvalue weighted by molar-refractivity contribution is 5.14. The van der Waals surface area contributed by atoms with Crippen LogP contribution in [-0.2, 0) is 6.54 Å². The third-order valence-electron chi connectivity index (χ3n) is 3.35. The number of piperidine rings is 1. The molecular formula is C15H21N. The van der Waals surface area contributed by atoms with Gasteiger partial charge in [-0.15, -0.1) is 6.58 Å². The molecule has 1 aromatic rings. The fourth-order valence-corrected chi connectivity index (χ4v) is 2.56. The molecule has 0 spiro atoms. The molecule has 0 radical (unpaired) electrons. The Bertz CT molecular complexity index is 317. The molecule has 0 aromatic heterocycles. The fraction of sp³-hybridized carbons (Fsp3) is 0.467. The number of benzene rings is 1. The predicted molar refractivity (Wildman–Crippen MR) is 69.3 cm³/mol. The topological polar surface area (TPSA) is 3.24 Å². The second-order valence-corrected chi connectivity index (χ2v) is 4.75. The molecule has 0 bridgehead atoms. The van der Waals surface area contributed by atoms with Crippen LogP contribution in [0.2, 0.25) is 0 Å². The molecule has 1 aliphatic heterocycles. The van der Waals surface area contributed by atoms with Crippen LogP contribution in [0.5, 0.6) is 0 Å². The van der Waals surface area contributed by atoms with Crippen LogP contribution in [0.15, 0.2) is 43.0 Å². The fourth-order valence-electron chi connectivity index (χ4n) is 2.56. The number of hydrogen-bond acceptors (Lipinski definition) is 1. The lowest BCUT2D eigenvalue weighted by molar-refractivity contribution is 0.168. The van der Waals surface area contributed by atoms with E-state index >= 15 is 0 Å². The van der Waals surface area contributed by atoms with Crippen molar-refractivity contribution in [2.75, 3.05) is 13.1 Å². The van der Waals surface area contributed by atoms with Crippen LogP contribution < -0.4 is 0 Å². The SMILES string of the molecule is C=CCC1CCCN(Cc2ccccc2)C1. The van der Waals surface area contributed by atoms with E-state index in [9.17, 15) is 0 Å². The summed E-state index contributed by atoms with van der Waals surface area (Å²) in [6.45, 7) is 7.44. The van der Waals surface area contributed by atoms with Crippen molar-refractivity contribution in [1.82, 2.24) is 4.90 Å². The van der Waals surface area contributed by atoms with Gasteiger partial charge in [-0.2, -0.15) is 0 Å². The van der Waals surface area contributed by atoms with Crippen LogP contribution in [0.3, 0.4) is 0 Å². The lowest BCUT2D eigenvalue weighted by atomic mass is 9.94. The summed E-state index contributed by atoms with van der Waals surface area (Å²) in [6, 6.07) is 10.8. The summed E-state index contributed by atoms with van der Waals surface area (Å²) >= 11 is 0. The number of allylic oxidation sites excluding steroid dienone is 1. The molecule has 1 heterocycles. The van der Waals surface area contributed by atoms with Gasteiger partial charge < -0.3 is 0 Å². The van der Waals surface area contributed by atoms with Gasteiger partial charge in [0, 0.05) is 13.1 Å². The van der Waals surface area contributed by atoms with E-state index in [1.807, 2.05) is 0 Å². The minimum absolute atomic E-state index is 0.829. The van der Waals surface area contributed by atoms with E-state index in [1.165, 1.54) is 37.9 Å². The van der Waals surface area contributed by atoms with Crippen LogP contribution in [0, 0.1) is 5.92 Å². The number of hydrogen-bond donors (Lipinski definition) is 0. The van der Waals surface area contributed by atoms with Crippen molar-refractivity contribution >= 4 is 0 Å². The average Bonchev–Trinajstić information content (AvgIpc) is 2.31. The highest BCUT2D eigenvalue weighted by Crippen LogP contribution is 2.21. The van der Waals surface area contributed by atoms with Crippen LogP contribution in [0.25, 0.3) is 0 Å². The molecule has 0 N–H and O–H groups in total. The maximum Gasteiger partial charge on any atom is 0.0233 e. The molecule has 1 unspecified atom stereocenters. The first kappa shape index (κ1) is 11.4. The third kappa shape index (κ3) is 3.21. The summed E-state index contributed by atoms with van der Waals surface area (Å²) < 4.78 is 0. The van der Waals surface area contributed by atoms with E-state index in [2.05, 4.69) is 47.9 Å². The van der Waals surface area contributed by atoms with Gasteiger partial charge in [-0.05, 0) is 37.3 Å². The Labute approximate surface area is 98.8 Å². The van der Waals surface area contributed by atoms with E-state index in [0.29, 0.717) is 0 Å². The summed E-state index contributed by atoms with van der Waals surface area (Å²) in [5, 5.41) is 0. The summed E-state index contributed by atoms with van der Waals surface area (Å²) in [6.07, 6.45) is 5.95. The minimum atomic E-state index is 0.829. The van der Waals surface area contributed by atoms with Gasteiger partial charge in [-0.1, -0.05) is 36.4 Å². The van der Waals surface area contributed by atoms with Crippen molar-refractivity contribution < 1.29 is 0 Å². The van der Waals surface area contributed by atoms with Gasteiger partial charge in [-0.25, -0.2) is 0 Å². The van der Waals surface area contributed by atoms with E-state index < -0.39 is 0 Å². The van der Waals surface area contributed by atoms with Gasteiger partial charge in [-0.3, -0.25) is 4.90 Å². The Morgan fingerprint density at radius 3 is 2.88 bits per heavy atom. The Morgan fingerprint density at radius 1 is 1.31 bits per heavy atom. The molecule has 1 nitrogen and oxygen atoms in total. The molecule has 0 aliphatic carbocycles. The van der Waals surface area contributed by atoms with Crippen molar-refractivity contribution in [2.24, 2.45) is 5.92 Å². The van der Waals surface area contributed by atoms with Gasteiger partial charge in [0.2, 0.25) is 0 Å². The van der Waals surface area contributed by atoms with Crippen LogP contribution in [-0.4, -0.2) is 18.0 Å². The standard InChI is InChI=1S/C15H21N/c1-2-7-14-10-6-11-16(12-14)13-15-8-4-3-5-9-15/h2-5,8-9,14H,1,6-7,10-13H2. The lowest BCUT2D eigenvalue weighted by Crippen LogP contribution is -2.34. The highest BCUT2D eigenvalue weighted by atomic mass is 15.1. The van der Waals surface area contributed by atoms with Gasteiger partial charge in [0.1, 0.15) is 0 Å². The van der Waals surface area contributed by atoms with E-state index in [0.717, 1.165) is 12.5 Å². The maximum atomic E-state index is 3.85. The maximum absolute atomic E-state index is 3.85. The molecule has 1 aliphatic rings. The zero-order valence-corrected chi connectivity index (χ0v) is 9.94. The Hall–Kier alpha value is -1.08. The number of nitrogens with zero attached hydrogens (tertiary/aromatic N) is 1. The smallest absolute Gasteiger partial charge is 0.0233 e. The van der Waals surface area contributed by atoms with Crippen molar-refractivity contribution in [3.8, 4) is 0 Å². The molecule has 1 heteroatoms. The number of likely N-dealkylation sites (tertiary alicyclic amines) is 1. The first-order valence-corrected chi connectivity index (χ1v) is 6.25. The molecular weight excluding hydrogens is 194 g/mol. The van der Waals surface area contributed by atoms with E-state index in [-0.39, 0.29) is 0 Å². The highest BCUT2D eigenvalue weighted by Gasteiger charge is 2.18. The van der Waals surface area contributed by atoms with Crippen LogP contribution in [0.1, 0.15) is 24.8 Å². The lowest BCUT2D eigenvalue weighted by Gasteiger charge is -2.32. The van der Waals surface area contributed by atoms with Crippen molar-refractivity contribution in [3.63, 3.8) is 0 Å². The van der Waals surface area contributed by atoms with Crippen LogP contribution in [0.4, 0.5) is 0 Å². The largest absolute Gasteiger partial charge is 0.299 e. The summed E-state index contributed by atoms with van der Waals surface area (Å²) in [7, 11) is 0. The van der Waals surface area contributed by atoms with Crippen molar-refractivity contribution in [1.29, 1.82) is 0 Å². The predicted octanol–water partition coefficient (Wildman–Crippen LogP) is 3.47. The van der Waals surface area contributed by atoms with Gasteiger partial charge in [0.15, 0.2) is 0 Å². The normalized spacial score (nSPS) is 21.9.